The Labute approximate surface area is 218 Å². The average molecular weight is 577 g/mol. The standard InChI is InChI=1S/C26H32FN5O.HI/c1-3-29-26(30-15-20-4-6-21(7-5-20)16-32-13-12-28-18-32)31-19(2)23-10-11-25(24(27)14-23)33-17-22-8-9-22;/h4-7,10-14,18-19,22H,3,8-9,15-17H2,1-2H3,(H2,29,30,31);1H. The van der Waals surface area contributed by atoms with Gasteiger partial charge < -0.3 is 19.9 Å². The van der Waals surface area contributed by atoms with E-state index in [0.29, 0.717) is 30.8 Å². The van der Waals surface area contributed by atoms with Crippen molar-refractivity contribution in [2.75, 3.05) is 13.2 Å². The van der Waals surface area contributed by atoms with Crippen LogP contribution in [0.25, 0.3) is 0 Å². The van der Waals surface area contributed by atoms with Crippen molar-refractivity contribution in [3.63, 3.8) is 0 Å². The van der Waals surface area contributed by atoms with Gasteiger partial charge in [-0.25, -0.2) is 14.4 Å². The fraction of sp³-hybridized carbons (Fsp3) is 0.385. The molecule has 2 aromatic carbocycles. The van der Waals surface area contributed by atoms with Crippen LogP contribution in [0.3, 0.4) is 0 Å². The topological polar surface area (TPSA) is 63.5 Å². The molecular weight excluding hydrogens is 544 g/mol. The van der Waals surface area contributed by atoms with Gasteiger partial charge in [-0.2, -0.15) is 0 Å². The molecule has 0 bridgehead atoms. The summed E-state index contributed by atoms with van der Waals surface area (Å²) >= 11 is 0. The summed E-state index contributed by atoms with van der Waals surface area (Å²) in [5, 5.41) is 6.64. The molecule has 3 aromatic rings. The lowest BCUT2D eigenvalue weighted by atomic mass is 10.1. The number of nitrogens with zero attached hydrogens (tertiary/aromatic N) is 3. The van der Waals surface area contributed by atoms with Gasteiger partial charge in [-0.05, 0) is 61.4 Å². The van der Waals surface area contributed by atoms with Gasteiger partial charge in [-0.3, -0.25) is 0 Å². The highest BCUT2D eigenvalue weighted by molar-refractivity contribution is 14.0. The number of benzene rings is 2. The highest BCUT2D eigenvalue weighted by Gasteiger charge is 2.22. The Bertz CT molecular complexity index is 1050. The Hall–Kier alpha value is -2.62. The van der Waals surface area contributed by atoms with Gasteiger partial charge in [0.2, 0.25) is 0 Å². The van der Waals surface area contributed by atoms with Crippen LogP contribution in [0.1, 0.15) is 49.4 Å². The quantitative estimate of drug-likeness (QED) is 0.195. The smallest absolute Gasteiger partial charge is 0.192 e. The van der Waals surface area contributed by atoms with Crippen LogP contribution in [-0.4, -0.2) is 28.7 Å². The van der Waals surface area contributed by atoms with Crippen molar-refractivity contribution in [2.24, 2.45) is 10.9 Å². The van der Waals surface area contributed by atoms with E-state index in [-0.39, 0.29) is 35.8 Å². The first-order valence-electron chi connectivity index (χ1n) is 11.6. The molecule has 1 fully saturated rings. The molecule has 1 heterocycles. The first kappa shape index (κ1) is 26.0. The summed E-state index contributed by atoms with van der Waals surface area (Å²) in [4.78, 5) is 8.79. The summed E-state index contributed by atoms with van der Waals surface area (Å²) in [6.07, 6.45) is 7.92. The van der Waals surface area contributed by atoms with E-state index < -0.39 is 0 Å². The summed E-state index contributed by atoms with van der Waals surface area (Å²) in [5.41, 5.74) is 3.18. The van der Waals surface area contributed by atoms with E-state index in [1.54, 1.807) is 18.3 Å². The van der Waals surface area contributed by atoms with Crippen molar-refractivity contribution in [3.05, 3.63) is 83.7 Å². The second-order valence-electron chi connectivity index (χ2n) is 8.56. The van der Waals surface area contributed by atoms with Crippen LogP contribution in [0.5, 0.6) is 5.75 Å². The van der Waals surface area contributed by atoms with Crippen molar-refractivity contribution in [1.29, 1.82) is 0 Å². The van der Waals surface area contributed by atoms with Gasteiger partial charge in [0.1, 0.15) is 0 Å². The molecule has 0 radical (unpaired) electrons. The Morgan fingerprint density at radius 1 is 1.21 bits per heavy atom. The molecular formula is C26H33FIN5O. The van der Waals surface area contributed by atoms with Gasteiger partial charge >= 0.3 is 0 Å². The Kier molecular flexibility index (Phi) is 9.74. The molecule has 1 aliphatic carbocycles. The lowest BCUT2D eigenvalue weighted by molar-refractivity contribution is 0.285. The lowest BCUT2D eigenvalue weighted by Crippen LogP contribution is -2.38. The van der Waals surface area contributed by atoms with Crippen molar-refractivity contribution in [2.45, 2.75) is 45.8 Å². The maximum atomic E-state index is 14.5. The Morgan fingerprint density at radius 2 is 1.97 bits per heavy atom. The minimum Gasteiger partial charge on any atom is -0.490 e. The highest BCUT2D eigenvalue weighted by atomic mass is 127. The average Bonchev–Trinajstić information content (AvgIpc) is 3.51. The summed E-state index contributed by atoms with van der Waals surface area (Å²) in [6.45, 7) is 6.72. The van der Waals surface area contributed by atoms with Crippen LogP contribution >= 0.6 is 24.0 Å². The molecule has 2 N–H and O–H groups in total. The van der Waals surface area contributed by atoms with Crippen molar-refractivity contribution in [3.8, 4) is 5.75 Å². The van der Waals surface area contributed by atoms with Gasteiger partial charge in [0.25, 0.3) is 0 Å². The van der Waals surface area contributed by atoms with Gasteiger partial charge in [-0.15, -0.1) is 24.0 Å². The zero-order valence-electron chi connectivity index (χ0n) is 19.7. The Balaban J connectivity index is 0.00000324. The SMILES string of the molecule is CCNC(=NCc1ccc(Cn2ccnc2)cc1)NC(C)c1ccc(OCC2CC2)c(F)c1.I. The summed E-state index contributed by atoms with van der Waals surface area (Å²) in [5.74, 6) is 1.30. The maximum absolute atomic E-state index is 14.5. The fourth-order valence-corrected chi connectivity index (χ4v) is 3.52. The molecule has 0 aliphatic heterocycles. The lowest BCUT2D eigenvalue weighted by Gasteiger charge is -2.19. The molecule has 1 aromatic heterocycles. The monoisotopic (exact) mass is 577 g/mol. The van der Waals surface area contributed by atoms with E-state index in [1.807, 2.05) is 37.0 Å². The molecule has 1 atom stereocenters. The number of aliphatic imine (C=N–C) groups is 1. The van der Waals surface area contributed by atoms with Gasteiger partial charge in [0, 0.05) is 25.5 Å². The third-order valence-corrected chi connectivity index (χ3v) is 5.69. The summed E-state index contributed by atoms with van der Waals surface area (Å²) in [6, 6.07) is 13.5. The fourth-order valence-electron chi connectivity index (χ4n) is 3.52. The van der Waals surface area contributed by atoms with Crippen LogP contribution in [0.4, 0.5) is 4.39 Å². The van der Waals surface area contributed by atoms with Crippen LogP contribution in [0, 0.1) is 11.7 Å². The molecule has 0 saturated heterocycles. The minimum atomic E-state index is -0.320. The summed E-state index contributed by atoms with van der Waals surface area (Å²) < 4.78 is 22.1. The number of ether oxygens (including phenoxy) is 1. The number of hydrogen-bond donors (Lipinski definition) is 2. The molecule has 182 valence electrons. The van der Waals surface area contributed by atoms with Crippen LogP contribution in [0.2, 0.25) is 0 Å². The van der Waals surface area contributed by atoms with Gasteiger partial charge in [0.05, 0.1) is 25.5 Å². The van der Waals surface area contributed by atoms with E-state index >= 15 is 0 Å². The Morgan fingerprint density at radius 3 is 2.62 bits per heavy atom. The second-order valence-corrected chi connectivity index (χ2v) is 8.56. The second kappa shape index (κ2) is 12.7. The van der Waals surface area contributed by atoms with E-state index in [2.05, 4.69) is 39.9 Å². The van der Waals surface area contributed by atoms with Crippen LogP contribution in [-0.2, 0) is 13.1 Å². The predicted octanol–water partition coefficient (Wildman–Crippen LogP) is 5.29. The van der Waals surface area contributed by atoms with E-state index in [9.17, 15) is 4.39 Å². The molecule has 34 heavy (non-hydrogen) atoms. The van der Waals surface area contributed by atoms with E-state index in [1.165, 1.54) is 18.4 Å². The molecule has 1 aliphatic rings. The maximum Gasteiger partial charge on any atom is 0.192 e. The molecule has 1 saturated carbocycles. The van der Waals surface area contributed by atoms with Crippen LogP contribution < -0.4 is 15.4 Å². The van der Waals surface area contributed by atoms with Gasteiger partial charge in [-0.1, -0.05) is 30.3 Å². The number of rotatable bonds is 10. The first-order valence-corrected chi connectivity index (χ1v) is 11.6. The van der Waals surface area contributed by atoms with E-state index in [4.69, 9.17) is 9.73 Å². The summed E-state index contributed by atoms with van der Waals surface area (Å²) in [7, 11) is 0. The molecule has 0 amide bonds. The number of halogens is 2. The van der Waals surface area contributed by atoms with Gasteiger partial charge in [0.15, 0.2) is 17.5 Å². The third-order valence-electron chi connectivity index (χ3n) is 5.69. The van der Waals surface area contributed by atoms with E-state index in [0.717, 1.165) is 24.2 Å². The number of nitrogens with one attached hydrogen (secondary N) is 2. The first-order chi connectivity index (χ1) is 16.1. The third kappa shape index (κ3) is 7.72. The normalized spacial score (nSPS) is 14.3. The number of aromatic nitrogens is 2. The molecule has 4 rings (SSSR count). The predicted molar refractivity (Wildman–Crippen MR) is 144 cm³/mol. The zero-order valence-corrected chi connectivity index (χ0v) is 22.0. The molecule has 6 nitrogen and oxygen atoms in total. The van der Waals surface area contributed by atoms with Crippen molar-refractivity contribution < 1.29 is 9.13 Å². The largest absolute Gasteiger partial charge is 0.490 e. The van der Waals surface area contributed by atoms with Crippen molar-refractivity contribution >= 4 is 29.9 Å². The minimum absolute atomic E-state index is 0. The number of hydrogen-bond acceptors (Lipinski definition) is 3. The highest BCUT2D eigenvalue weighted by Crippen LogP contribution is 2.30. The molecule has 8 heteroatoms. The number of guanidine groups is 1. The molecule has 1 unspecified atom stereocenters. The number of imidazole rings is 1. The van der Waals surface area contributed by atoms with Crippen molar-refractivity contribution in [1.82, 2.24) is 20.2 Å². The molecule has 0 spiro atoms. The van der Waals surface area contributed by atoms with Crippen LogP contribution in [0.15, 0.2) is 66.2 Å². The zero-order chi connectivity index (χ0) is 23.0.